The molecule has 3 aromatic rings. The SMILES string of the molecule is O=c1nc(/C=C/c2cccc(Br)c2)cc(/C=C/c2cccc(Br)c2)[nH]1. The standard InChI is InChI=1S/C20H14Br2N2O/c21-16-5-1-3-14(11-16)7-9-18-13-19(24-20(25)23-18)10-8-15-4-2-6-17(22)12-15/h1-13H,(H,23,24,25)/b9-7+,10-8+. The molecule has 0 aliphatic carbocycles. The molecule has 0 aliphatic rings. The van der Waals surface area contributed by atoms with E-state index in [1.54, 1.807) is 0 Å². The zero-order valence-electron chi connectivity index (χ0n) is 13.1. The molecule has 0 radical (unpaired) electrons. The first kappa shape index (κ1) is 17.6. The molecule has 0 saturated heterocycles. The Morgan fingerprint density at radius 1 is 0.800 bits per heavy atom. The lowest BCUT2D eigenvalue weighted by Crippen LogP contribution is -2.12. The maximum Gasteiger partial charge on any atom is 0.345 e. The van der Waals surface area contributed by atoms with Crippen LogP contribution in [-0.4, -0.2) is 9.97 Å². The molecule has 5 heteroatoms. The first-order chi connectivity index (χ1) is 12.1. The number of hydrogen-bond acceptors (Lipinski definition) is 2. The number of aromatic nitrogens is 2. The summed E-state index contributed by atoms with van der Waals surface area (Å²) in [6, 6.07) is 17.7. The largest absolute Gasteiger partial charge is 0.345 e. The van der Waals surface area contributed by atoms with Crippen LogP contribution < -0.4 is 5.69 Å². The van der Waals surface area contributed by atoms with Crippen molar-refractivity contribution in [1.82, 2.24) is 9.97 Å². The van der Waals surface area contributed by atoms with Crippen LogP contribution in [-0.2, 0) is 0 Å². The van der Waals surface area contributed by atoms with E-state index in [2.05, 4.69) is 41.8 Å². The maximum absolute atomic E-state index is 11.8. The van der Waals surface area contributed by atoms with Crippen molar-refractivity contribution >= 4 is 56.2 Å². The lowest BCUT2D eigenvalue weighted by atomic mass is 10.2. The van der Waals surface area contributed by atoms with E-state index in [0.29, 0.717) is 11.4 Å². The number of nitrogens with one attached hydrogen (secondary N) is 1. The zero-order chi connectivity index (χ0) is 17.6. The second-order valence-corrected chi connectivity index (χ2v) is 7.17. The van der Waals surface area contributed by atoms with Crippen LogP contribution in [0.25, 0.3) is 24.3 Å². The highest BCUT2D eigenvalue weighted by atomic mass is 79.9. The van der Waals surface area contributed by atoms with E-state index in [4.69, 9.17) is 0 Å². The summed E-state index contributed by atoms with van der Waals surface area (Å²) in [7, 11) is 0. The van der Waals surface area contributed by atoms with Crippen molar-refractivity contribution in [3.05, 3.63) is 96.5 Å². The van der Waals surface area contributed by atoms with Crippen LogP contribution in [0.3, 0.4) is 0 Å². The van der Waals surface area contributed by atoms with Gasteiger partial charge in [-0.25, -0.2) is 4.79 Å². The highest BCUT2D eigenvalue weighted by Crippen LogP contribution is 2.15. The third-order valence-corrected chi connectivity index (χ3v) is 4.37. The van der Waals surface area contributed by atoms with Gasteiger partial charge in [-0.3, -0.25) is 0 Å². The van der Waals surface area contributed by atoms with Gasteiger partial charge < -0.3 is 4.98 Å². The summed E-state index contributed by atoms with van der Waals surface area (Å²) in [4.78, 5) is 18.5. The van der Waals surface area contributed by atoms with Crippen molar-refractivity contribution < 1.29 is 0 Å². The number of H-pyrrole nitrogens is 1. The van der Waals surface area contributed by atoms with E-state index in [1.807, 2.05) is 78.9 Å². The topological polar surface area (TPSA) is 45.8 Å². The number of rotatable bonds is 4. The third-order valence-electron chi connectivity index (χ3n) is 3.38. The number of hydrogen-bond donors (Lipinski definition) is 1. The van der Waals surface area contributed by atoms with Crippen molar-refractivity contribution in [2.45, 2.75) is 0 Å². The molecule has 124 valence electrons. The lowest BCUT2D eigenvalue weighted by molar-refractivity contribution is 1.05. The van der Waals surface area contributed by atoms with E-state index in [1.165, 1.54) is 0 Å². The second kappa shape index (κ2) is 8.23. The van der Waals surface area contributed by atoms with Crippen molar-refractivity contribution in [3.8, 4) is 0 Å². The summed E-state index contributed by atoms with van der Waals surface area (Å²) in [6.45, 7) is 0. The van der Waals surface area contributed by atoms with E-state index >= 15 is 0 Å². The van der Waals surface area contributed by atoms with Gasteiger partial charge >= 0.3 is 5.69 Å². The van der Waals surface area contributed by atoms with E-state index < -0.39 is 0 Å². The molecular weight excluding hydrogens is 444 g/mol. The predicted octanol–water partition coefficient (Wildman–Crippen LogP) is 5.64. The molecule has 2 aromatic carbocycles. The minimum Gasteiger partial charge on any atom is -0.306 e. The van der Waals surface area contributed by atoms with Crippen molar-refractivity contribution in [2.75, 3.05) is 0 Å². The molecule has 0 bridgehead atoms. The molecule has 0 spiro atoms. The van der Waals surface area contributed by atoms with Gasteiger partial charge in [-0.15, -0.1) is 0 Å². The monoisotopic (exact) mass is 456 g/mol. The van der Waals surface area contributed by atoms with E-state index in [-0.39, 0.29) is 5.69 Å². The van der Waals surface area contributed by atoms with Crippen LogP contribution in [0.4, 0.5) is 0 Å². The molecule has 1 N–H and O–H groups in total. The normalized spacial score (nSPS) is 11.4. The van der Waals surface area contributed by atoms with Gasteiger partial charge in [0.25, 0.3) is 0 Å². The zero-order valence-corrected chi connectivity index (χ0v) is 16.3. The Labute approximate surface area is 162 Å². The summed E-state index contributed by atoms with van der Waals surface area (Å²) in [5.74, 6) is 0. The van der Waals surface area contributed by atoms with Gasteiger partial charge in [-0.1, -0.05) is 68.3 Å². The predicted molar refractivity (Wildman–Crippen MR) is 111 cm³/mol. The average Bonchev–Trinajstić information content (AvgIpc) is 2.58. The van der Waals surface area contributed by atoms with Crippen LogP contribution in [0.1, 0.15) is 22.5 Å². The van der Waals surface area contributed by atoms with Crippen LogP contribution >= 0.6 is 31.9 Å². The van der Waals surface area contributed by atoms with Gasteiger partial charge in [-0.2, -0.15) is 4.98 Å². The van der Waals surface area contributed by atoms with Gasteiger partial charge in [0.2, 0.25) is 0 Å². The molecule has 0 amide bonds. The number of benzene rings is 2. The summed E-state index contributed by atoms with van der Waals surface area (Å²) < 4.78 is 2.02. The highest BCUT2D eigenvalue weighted by molar-refractivity contribution is 9.10. The van der Waals surface area contributed by atoms with Gasteiger partial charge in [0.1, 0.15) is 0 Å². The maximum atomic E-state index is 11.8. The van der Waals surface area contributed by atoms with Gasteiger partial charge in [-0.05, 0) is 53.6 Å². The Morgan fingerprint density at radius 3 is 2.00 bits per heavy atom. The minimum absolute atomic E-state index is 0.370. The van der Waals surface area contributed by atoms with Gasteiger partial charge in [0.15, 0.2) is 0 Å². The number of halogens is 2. The molecule has 0 saturated carbocycles. The van der Waals surface area contributed by atoms with E-state index in [9.17, 15) is 4.79 Å². The third kappa shape index (κ3) is 5.37. The smallest absolute Gasteiger partial charge is 0.306 e. The Kier molecular flexibility index (Phi) is 5.79. The molecule has 0 unspecified atom stereocenters. The molecular formula is C20H14Br2N2O. The van der Waals surface area contributed by atoms with Crippen LogP contribution in [0.2, 0.25) is 0 Å². The molecule has 0 atom stereocenters. The minimum atomic E-state index is -0.370. The summed E-state index contributed by atoms with van der Waals surface area (Å²) in [6.07, 6.45) is 7.56. The molecule has 1 aromatic heterocycles. The van der Waals surface area contributed by atoms with Crippen molar-refractivity contribution in [2.24, 2.45) is 0 Å². The molecule has 1 heterocycles. The molecule has 0 fully saturated rings. The Morgan fingerprint density at radius 2 is 1.40 bits per heavy atom. The Balaban J connectivity index is 1.84. The fourth-order valence-electron chi connectivity index (χ4n) is 2.26. The summed E-state index contributed by atoms with van der Waals surface area (Å²) in [5.41, 5.74) is 3.01. The fourth-order valence-corrected chi connectivity index (χ4v) is 3.09. The molecule has 3 nitrogen and oxygen atoms in total. The first-order valence-corrected chi connectivity index (χ1v) is 9.16. The summed E-state index contributed by atoms with van der Waals surface area (Å²) in [5, 5.41) is 0. The second-order valence-electron chi connectivity index (χ2n) is 5.34. The number of aromatic amines is 1. The van der Waals surface area contributed by atoms with Gasteiger partial charge in [0, 0.05) is 14.6 Å². The Hall–Kier alpha value is -2.24. The molecule has 0 aliphatic heterocycles. The van der Waals surface area contributed by atoms with Gasteiger partial charge in [0.05, 0.1) is 5.69 Å². The van der Waals surface area contributed by atoms with Crippen LogP contribution in [0, 0.1) is 0 Å². The average molecular weight is 458 g/mol. The quantitative estimate of drug-likeness (QED) is 0.551. The Bertz CT molecular complexity index is 930. The molecule has 3 rings (SSSR count). The van der Waals surface area contributed by atoms with E-state index in [0.717, 1.165) is 20.1 Å². The fraction of sp³-hybridized carbons (Fsp3) is 0. The number of nitrogens with zero attached hydrogens (tertiary/aromatic N) is 1. The lowest BCUT2D eigenvalue weighted by Gasteiger charge is -1.98. The highest BCUT2D eigenvalue weighted by Gasteiger charge is 1.97. The summed E-state index contributed by atoms with van der Waals surface area (Å²) >= 11 is 6.89. The first-order valence-electron chi connectivity index (χ1n) is 7.57. The van der Waals surface area contributed by atoms with Crippen molar-refractivity contribution in [3.63, 3.8) is 0 Å². The molecule has 25 heavy (non-hydrogen) atoms. The van der Waals surface area contributed by atoms with Crippen LogP contribution in [0.5, 0.6) is 0 Å². The van der Waals surface area contributed by atoms with Crippen LogP contribution in [0.15, 0.2) is 68.3 Å². The van der Waals surface area contributed by atoms with Crippen molar-refractivity contribution in [1.29, 1.82) is 0 Å².